The van der Waals surface area contributed by atoms with Gasteiger partial charge in [-0.1, -0.05) is 11.6 Å². The Bertz CT molecular complexity index is 508. The van der Waals surface area contributed by atoms with E-state index in [4.69, 9.17) is 17.3 Å². The number of aryl methyl sites for hydroxylation is 1. The van der Waals surface area contributed by atoms with Crippen LogP contribution in [0.25, 0.3) is 0 Å². The van der Waals surface area contributed by atoms with E-state index in [1.54, 1.807) is 16.8 Å². The fourth-order valence-corrected chi connectivity index (χ4v) is 1.66. The van der Waals surface area contributed by atoms with Gasteiger partial charge in [-0.05, 0) is 24.1 Å². The van der Waals surface area contributed by atoms with Crippen LogP contribution in [0.15, 0.2) is 24.5 Å². The van der Waals surface area contributed by atoms with Crippen molar-refractivity contribution in [1.29, 1.82) is 0 Å². The van der Waals surface area contributed by atoms with Gasteiger partial charge >= 0.3 is 0 Å². The molecular formula is C11H14ClN5. The number of halogens is 1. The van der Waals surface area contributed by atoms with Gasteiger partial charge < -0.3 is 11.1 Å². The van der Waals surface area contributed by atoms with E-state index in [1.807, 2.05) is 19.4 Å². The lowest BCUT2D eigenvalue weighted by molar-refractivity contribution is 0.767. The highest BCUT2D eigenvalue weighted by molar-refractivity contribution is 6.29. The fraction of sp³-hybridized carbons (Fsp3) is 0.273. The van der Waals surface area contributed by atoms with Crippen molar-refractivity contribution in [2.75, 3.05) is 17.6 Å². The van der Waals surface area contributed by atoms with Gasteiger partial charge in [-0.3, -0.25) is 4.68 Å². The summed E-state index contributed by atoms with van der Waals surface area (Å²) in [5.41, 5.74) is 7.54. The topological polar surface area (TPSA) is 68.8 Å². The van der Waals surface area contributed by atoms with E-state index >= 15 is 0 Å². The Kier molecular flexibility index (Phi) is 3.49. The molecule has 0 fully saturated rings. The zero-order chi connectivity index (χ0) is 12.3. The van der Waals surface area contributed by atoms with Crippen LogP contribution >= 0.6 is 11.6 Å². The molecule has 17 heavy (non-hydrogen) atoms. The molecule has 0 spiro atoms. The lowest BCUT2D eigenvalue weighted by Gasteiger charge is -2.07. The molecule has 0 bridgehead atoms. The highest BCUT2D eigenvalue weighted by Crippen LogP contribution is 2.18. The molecule has 0 saturated carbocycles. The largest absolute Gasteiger partial charge is 0.396 e. The van der Waals surface area contributed by atoms with Crippen molar-refractivity contribution in [2.45, 2.75) is 6.42 Å². The third-order valence-electron chi connectivity index (χ3n) is 2.36. The number of pyridine rings is 1. The molecule has 90 valence electrons. The SMILES string of the molecule is Cn1cc(CCNc2nc(Cl)ccc2N)cn1. The minimum atomic E-state index is 0.433. The van der Waals surface area contributed by atoms with Crippen LogP contribution in [0.3, 0.4) is 0 Å². The molecule has 2 aromatic rings. The molecule has 0 atom stereocenters. The summed E-state index contributed by atoms with van der Waals surface area (Å²) in [6.45, 7) is 0.739. The normalized spacial score (nSPS) is 10.5. The van der Waals surface area contributed by atoms with E-state index in [1.165, 1.54) is 5.56 Å². The molecule has 0 aromatic carbocycles. The van der Waals surface area contributed by atoms with E-state index < -0.39 is 0 Å². The first kappa shape index (κ1) is 11.7. The monoisotopic (exact) mass is 251 g/mol. The van der Waals surface area contributed by atoms with Crippen molar-refractivity contribution < 1.29 is 0 Å². The third-order valence-corrected chi connectivity index (χ3v) is 2.57. The van der Waals surface area contributed by atoms with Gasteiger partial charge in [0.15, 0.2) is 5.82 Å². The van der Waals surface area contributed by atoms with Gasteiger partial charge in [0.2, 0.25) is 0 Å². The standard InChI is InChI=1S/C11H14ClN5/c1-17-7-8(6-15-17)4-5-14-11-9(13)2-3-10(12)16-11/h2-3,6-7H,4-5,13H2,1H3,(H,14,16). The number of nitrogen functional groups attached to an aromatic ring is 1. The molecule has 0 aliphatic heterocycles. The van der Waals surface area contributed by atoms with Crippen LogP contribution in [0.1, 0.15) is 5.56 Å². The summed E-state index contributed by atoms with van der Waals surface area (Å²) in [5.74, 6) is 0.626. The Hall–Kier alpha value is -1.75. The van der Waals surface area contributed by atoms with Crippen LogP contribution in [-0.4, -0.2) is 21.3 Å². The van der Waals surface area contributed by atoms with Crippen LogP contribution < -0.4 is 11.1 Å². The Labute approximate surface area is 105 Å². The van der Waals surface area contributed by atoms with E-state index in [0.717, 1.165) is 13.0 Å². The average molecular weight is 252 g/mol. The molecular weight excluding hydrogens is 238 g/mol. The van der Waals surface area contributed by atoms with Crippen molar-refractivity contribution >= 4 is 23.1 Å². The van der Waals surface area contributed by atoms with Gasteiger partial charge in [-0.25, -0.2) is 4.98 Å². The highest BCUT2D eigenvalue weighted by Gasteiger charge is 2.02. The zero-order valence-electron chi connectivity index (χ0n) is 9.52. The molecule has 3 N–H and O–H groups in total. The molecule has 0 unspecified atom stereocenters. The Morgan fingerprint density at radius 3 is 3.00 bits per heavy atom. The van der Waals surface area contributed by atoms with E-state index in [9.17, 15) is 0 Å². The summed E-state index contributed by atoms with van der Waals surface area (Å²) in [6, 6.07) is 3.41. The predicted molar refractivity (Wildman–Crippen MR) is 69.1 cm³/mol. The van der Waals surface area contributed by atoms with Crippen molar-refractivity contribution in [3.05, 3.63) is 35.2 Å². The number of hydrogen-bond acceptors (Lipinski definition) is 4. The highest BCUT2D eigenvalue weighted by atomic mass is 35.5. The molecule has 2 aromatic heterocycles. The van der Waals surface area contributed by atoms with Crippen molar-refractivity contribution in [3.8, 4) is 0 Å². The second-order valence-corrected chi connectivity index (χ2v) is 4.16. The van der Waals surface area contributed by atoms with Gasteiger partial charge in [0.1, 0.15) is 5.15 Å². The van der Waals surface area contributed by atoms with E-state index in [2.05, 4.69) is 15.4 Å². The summed E-state index contributed by atoms with van der Waals surface area (Å²) in [4.78, 5) is 4.12. The lowest BCUT2D eigenvalue weighted by atomic mass is 10.2. The van der Waals surface area contributed by atoms with Crippen molar-refractivity contribution in [2.24, 2.45) is 7.05 Å². The summed E-state index contributed by atoms with van der Waals surface area (Å²) >= 11 is 5.80. The Morgan fingerprint density at radius 2 is 2.29 bits per heavy atom. The van der Waals surface area contributed by atoms with E-state index in [0.29, 0.717) is 16.7 Å². The van der Waals surface area contributed by atoms with Crippen LogP contribution in [-0.2, 0) is 13.5 Å². The maximum Gasteiger partial charge on any atom is 0.150 e. The predicted octanol–water partition coefficient (Wildman–Crippen LogP) is 1.71. The Balaban J connectivity index is 1.91. The second-order valence-electron chi connectivity index (χ2n) is 3.77. The molecule has 0 amide bonds. The molecule has 2 heterocycles. The van der Waals surface area contributed by atoms with Gasteiger partial charge in [0.05, 0.1) is 11.9 Å². The van der Waals surface area contributed by atoms with Gasteiger partial charge in [-0.15, -0.1) is 0 Å². The molecule has 0 radical (unpaired) electrons. The molecule has 6 heteroatoms. The van der Waals surface area contributed by atoms with Crippen LogP contribution in [0.2, 0.25) is 5.15 Å². The van der Waals surface area contributed by atoms with Crippen LogP contribution in [0, 0.1) is 0 Å². The lowest BCUT2D eigenvalue weighted by Crippen LogP contribution is -2.08. The van der Waals surface area contributed by atoms with Gasteiger partial charge in [0.25, 0.3) is 0 Å². The quantitative estimate of drug-likeness (QED) is 0.812. The molecule has 2 rings (SSSR count). The summed E-state index contributed by atoms with van der Waals surface area (Å²) in [5, 5.41) is 7.69. The smallest absolute Gasteiger partial charge is 0.150 e. The number of anilines is 2. The Morgan fingerprint density at radius 1 is 1.47 bits per heavy atom. The summed E-state index contributed by atoms with van der Waals surface area (Å²) in [7, 11) is 1.90. The van der Waals surface area contributed by atoms with E-state index in [-0.39, 0.29) is 0 Å². The number of rotatable bonds is 4. The number of nitrogens with one attached hydrogen (secondary N) is 1. The average Bonchev–Trinajstić information content (AvgIpc) is 2.69. The maximum absolute atomic E-state index is 5.80. The van der Waals surface area contributed by atoms with Crippen LogP contribution in [0.5, 0.6) is 0 Å². The molecule has 0 aliphatic rings. The molecule has 0 saturated heterocycles. The fourth-order valence-electron chi connectivity index (χ4n) is 1.51. The summed E-state index contributed by atoms with van der Waals surface area (Å²) < 4.78 is 1.78. The maximum atomic E-state index is 5.80. The number of nitrogens with zero attached hydrogens (tertiary/aromatic N) is 3. The van der Waals surface area contributed by atoms with Gasteiger partial charge in [0, 0.05) is 19.8 Å². The second kappa shape index (κ2) is 5.05. The minimum Gasteiger partial charge on any atom is -0.396 e. The first-order chi connectivity index (χ1) is 8.15. The van der Waals surface area contributed by atoms with Crippen molar-refractivity contribution in [1.82, 2.24) is 14.8 Å². The number of nitrogens with two attached hydrogens (primary N) is 1. The van der Waals surface area contributed by atoms with Crippen molar-refractivity contribution in [3.63, 3.8) is 0 Å². The number of aromatic nitrogens is 3. The first-order valence-corrected chi connectivity index (χ1v) is 5.66. The minimum absolute atomic E-state index is 0.433. The molecule has 0 aliphatic carbocycles. The first-order valence-electron chi connectivity index (χ1n) is 5.28. The third kappa shape index (κ3) is 3.10. The van der Waals surface area contributed by atoms with Crippen LogP contribution in [0.4, 0.5) is 11.5 Å². The number of hydrogen-bond donors (Lipinski definition) is 2. The van der Waals surface area contributed by atoms with Gasteiger partial charge in [-0.2, -0.15) is 5.10 Å². The molecule has 5 nitrogen and oxygen atoms in total. The summed E-state index contributed by atoms with van der Waals surface area (Å²) in [6.07, 6.45) is 4.69. The zero-order valence-corrected chi connectivity index (χ0v) is 10.3.